The van der Waals surface area contributed by atoms with Crippen molar-refractivity contribution in [3.8, 4) is 0 Å². The van der Waals surface area contributed by atoms with E-state index < -0.39 is 29.9 Å². The molecule has 0 spiro atoms. The minimum Gasteiger partial charge on any atom is -0.445 e. The molecule has 1 unspecified atom stereocenters. The van der Waals surface area contributed by atoms with Gasteiger partial charge in [0.2, 0.25) is 5.95 Å². The number of benzene rings is 2. The molecule has 2 N–H and O–H groups in total. The van der Waals surface area contributed by atoms with Crippen LogP contribution in [0.3, 0.4) is 0 Å². The molecule has 6 rings (SSSR count). The van der Waals surface area contributed by atoms with Gasteiger partial charge in [-0.05, 0) is 64.1 Å². The van der Waals surface area contributed by atoms with E-state index in [4.69, 9.17) is 14.5 Å². The predicted octanol–water partition coefficient (Wildman–Crippen LogP) is 4.65. The molecule has 1 aromatic heterocycles. The number of nitrogens with one attached hydrogen (secondary N) is 2. The van der Waals surface area contributed by atoms with Gasteiger partial charge in [0.15, 0.2) is 0 Å². The number of hydrogen-bond donors (Lipinski definition) is 2. The molecule has 3 aliphatic heterocycles. The Labute approximate surface area is 293 Å². The maximum absolute atomic E-state index is 13.9. The molecule has 4 heterocycles. The van der Waals surface area contributed by atoms with E-state index in [0.29, 0.717) is 24.7 Å². The topological polar surface area (TPSA) is 136 Å². The Morgan fingerprint density at radius 2 is 1.68 bits per heavy atom. The fourth-order valence-corrected chi connectivity index (χ4v) is 6.49. The fourth-order valence-electron chi connectivity index (χ4n) is 6.49. The van der Waals surface area contributed by atoms with E-state index in [9.17, 15) is 14.4 Å². The van der Waals surface area contributed by atoms with Gasteiger partial charge in [0, 0.05) is 69.5 Å². The van der Waals surface area contributed by atoms with Crippen LogP contribution >= 0.6 is 0 Å². The highest BCUT2D eigenvalue weighted by Crippen LogP contribution is 2.31. The second-order valence-electron chi connectivity index (χ2n) is 14.1. The van der Waals surface area contributed by atoms with Crippen LogP contribution in [0.5, 0.6) is 0 Å². The number of piperidine rings is 1. The summed E-state index contributed by atoms with van der Waals surface area (Å²) >= 11 is 0. The molecule has 0 bridgehead atoms. The number of rotatable bonds is 7. The quantitative estimate of drug-likeness (QED) is 0.362. The summed E-state index contributed by atoms with van der Waals surface area (Å²) in [6.07, 6.45) is 1.03. The van der Waals surface area contributed by atoms with Gasteiger partial charge in [-0.25, -0.2) is 19.4 Å². The molecular formula is C36H47N9O5. The van der Waals surface area contributed by atoms with Crippen molar-refractivity contribution in [2.75, 3.05) is 68.5 Å². The first-order valence-corrected chi connectivity index (χ1v) is 17.1. The van der Waals surface area contributed by atoms with E-state index in [1.54, 1.807) is 43.8 Å². The lowest BCUT2D eigenvalue weighted by molar-refractivity contribution is 0.0331. The molecule has 0 aliphatic carbocycles. The number of hydrogen-bond acceptors (Lipinski definition) is 10. The molecular weight excluding hydrogens is 638 g/mol. The van der Waals surface area contributed by atoms with Crippen molar-refractivity contribution in [1.29, 1.82) is 0 Å². The predicted molar refractivity (Wildman–Crippen MR) is 191 cm³/mol. The Balaban J connectivity index is 1.14. The molecule has 2 atom stereocenters. The third-order valence-electron chi connectivity index (χ3n) is 9.17. The van der Waals surface area contributed by atoms with Gasteiger partial charge >= 0.3 is 18.2 Å². The Morgan fingerprint density at radius 1 is 0.960 bits per heavy atom. The average molecular weight is 686 g/mol. The highest BCUT2D eigenvalue weighted by molar-refractivity contribution is 5.93. The first-order chi connectivity index (χ1) is 23.9. The third-order valence-corrected chi connectivity index (χ3v) is 9.17. The van der Waals surface area contributed by atoms with Crippen LogP contribution < -0.4 is 20.4 Å². The normalized spacial score (nSPS) is 19.9. The summed E-state index contributed by atoms with van der Waals surface area (Å²) in [7, 11) is 3.82. The van der Waals surface area contributed by atoms with Gasteiger partial charge in [-0.3, -0.25) is 4.90 Å². The number of piperazine rings is 1. The second-order valence-corrected chi connectivity index (χ2v) is 14.1. The number of carbonyl (C=O) groups is 3. The van der Waals surface area contributed by atoms with Gasteiger partial charge < -0.3 is 39.7 Å². The number of fused-ring (bicyclic) bond motifs is 1. The van der Waals surface area contributed by atoms with E-state index in [2.05, 4.69) is 44.6 Å². The number of carbonyl (C=O) groups excluding carboxylic acids is 3. The average Bonchev–Trinajstić information content (AvgIpc) is 3.09. The zero-order valence-electron chi connectivity index (χ0n) is 29.5. The molecule has 2 fully saturated rings. The Hall–Kier alpha value is -5.11. The Bertz CT molecular complexity index is 1660. The molecule has 2 aromatic carbocycles. The highest BCUT2D eigenvalue weighted by Gasteiger charge is 2.42. The van der Waals surface area contributed by atoms with E-state index in [0.717, 1.165) is 43.0 Å². The van der Waals surface area contributed by atoms with Crippen LogP contribution in [-0.4, -0.2) is 114 Å². The van der Waals surface area contributed by atoms with E-state index >= 15 is 0 Å². The minimum absolute atomic E-state index is 0.134. The summed E-state index contributed by atoms with van der Waals surface area (Å²) in [4.78, 5) is 58.8. The molecule has 3 aliphatic rings. The van der Waals surface area contributed by atoms with Crippen LogP contribution in [0.1, 0.15) is 38.3 Å². The summed E-state index contributed by atoms with van der Waals surface area (Å²) in [5.41, 5.74) is 2.94. The molecule has 14 nitrogen and oxygen atoms in total. The van der Waals surface area contributed by atoms with E-state index in [1.807, 2.05) is 42.5 Å². The SMILES string of the molecule is CN1CCN(c2ccc(Nc3ncc4c(n3)N(C)C(=O)N(C3CCN(C(=O)OCc5ccccc5)C[C@H]3NC(=O)OC(C)(C)C)C4)cc2)CC1. The minimum atomic E-state index is -0.724. The van der Waals surface area contributed by atoms with E-state index in [1.165, 1.54) is 10.6 Å². The number of aromatic nitrogens is 2. The first-order valence-electron chi connectivity index (χ1n) is 17.1. The van der Waals surface area contributed by atoms with Crippen molar-refractivity contribution in [3.05, 3.63) is 71.9 Å². The van der Waals surface area contributed by atoms with Gasteiger partial charge in [0.1, 0.15) is 18.0 Å². The van der Waals surface area contributed by atoms with Gasteiger partial charge in [-0.2, -0.15) is 4.98 Å². The summed E-state index contributed by atoms with van der Waals surface area (Å²) in [5, 5.41) is 6.21. The summed E-state index contributed by atoms with van der Waals surface area (Å²) in [6.45, 7) is 10.3. The zero-order valence-corrected chi connectivity index (χ0v) is 29.5. The molecule has 0 radical (unpaired) electrons. The smallest absolute Gasteiger partial charge is 0.410 e. The van der Waals surface area contributed by atoms with Crippen LogP contribution in [0.25, 0.3) is 0 Å². The number of anilines is 4. The number of amides is 4. The van der Waals surface area contributed by atoms with Crippen molar-refractivity contribution in [2.45, 2.75) is 58.0 Å². The standard InChI is InChI=1S/C36H47N9O5/c1-36(2,3)50-33(46)39-29-23-44(35(48)49-24-25-9-7-6-8-10-25)16-15-30(29)45-22-26-21-37-32(40-31(26)42(5)34(45)47)38-27-11-13-28(14-12-27)43-19-17-41(4)18-20-43/h6-14,21,29-30H,15-20,22-24H2,1-5H3,(H,39,46)(H,37,38,40)/t29-,30?/m1/s1. The maximum atomic E-state index is 13.9. The van der Waals surface area contributed by atoms with Crippen molar-refractivity contribution in [1.82, 2.24) is 30.0 Å². The lowest BCUT2D eigenvalue weighted by Gasteiger charge is -2.46. The van der Waals surface area contributed by atoms with Crippen LogP contribution in [0, 0.1) is 0 Å². The third kappa shape index (κ3) is 8.36. The number of nitrogens with zero attached hydrogens (tertiary/aromatic N) is 7. The van der Waals surface area contributed by atoms with Gasteiger partial charge in [-0.1, -0.05) is 30.3 Å². The van der Waals surface area contributed by atoms with Crippen LogP contribution in [0.2, 0.25) is 0 Å². The number of urea groups is 1. The number of likely N-dealkylation sites (tertiary alicyclic amines) is 1. The monoisotopic (exact) mass is 685 g/mol. The van der Waals surface area contributed by atoms with Crippen molar-refractivity contribution < 1.29 is 23.9 Å². The lowest BCUT2D eigenvalue weighted by atomic mass is 9.96. The highest BCUT2D eigenvalue weighted by atomic mass is 16.6. The molecule has 3 aromatic rings. The van der Waals surface area contributed by atoms with Crippen LogP contribution in [0.15, 0.2) is 60.8 Å². The first kappa shape index (κ1) is 34.7. The van der Waals surface area contributed by atoms with Crippen LogP contribution in [0.4, 0.5) is 37.5 Å². The molecule has 14 heteroatoms. The maximum Gasteiger partial charge on any atom is 0.410 e. The molecule has 2 saturated heterocycles. The fraction of sp³-hybridized carbons (Fsp3) is 0.472. The number of alkyl carbamates (subject to hydrolysis) is 1. The van der Waals surface area contributed by atoms with Crippen molar-refractivity contribution in [3.63, 3.8) is 0 Å². The van der Waals surface area contributed by atoms with Gasteiger partial charge in [-0.15, -0.1) is 0 Å². The van der Waals surface area contributed by atoms with Crippen LogP contribution in [-0.2, 0) is 22.6 Å². The second kappa shape index (κ2) is 14.8. The Morgan fingerprint density at radius 3 is 2.38 bits per heavy atom. The van der Waals surface area contributed by atoms with Crippen molar-refractivity contribution in [2.24, 2.45) is 0 Å². The van der Waals surface area contributed by atoms with Gasteiger partial charge in [0.05, 0.1) is 18.6 Å². The van der Waals surface area contributed by atoms with Crippen molar-refractivity contribution >= 4 is 41.4 Å². The largest absolute Gasteiger partial charge is 0.445 e. The molecule has 50 heavy (non-hydrogen) atoms. The summed E-state index contributed by atoms with van der Waals surface area (Å²) in [5.74, 6) is 0.896. The number of ether oxygens (including phenoxy) is 2. The van der Waals surface area contributed by atoms with Gasteiger partial charge in [0.25, 0.3) is 0 Å². The summed E-state index contributed by atoms with van der Waals surface area (Å²) in [6, 6.07) is 16.3. The lowest BCUT2D eigenvalue weighted by Crippen LogP contribution is -2.64. The summed E-state index contributed by atoms with van der Waals surface area (Å²) < 4.78 is 11.1. The molecule has 0 saturated carbocycles. The zero-order chi connectivity index (χ0) is 35.4. The molecule has 4 amide bonds. The molecule has 266 valence electrons. The number of likely N-dealkylation sites (N-methyl/N-ethyl adjacent to an activating group) is 1. The Kier molecular flexibility index (Phi) is 10.3. The van der Waals surface area contributed by atoms with E-state index in [-0.39, 0.29) is 25.7 Å².